The summed E-state index contributed by atoms with van der Waals surface area (Å²) < 4.78 is 5.88. The standard InChI is InChI=1S/C18H30N2O/c1-3-5-10-17(20-14-8-12-19-13-15-20)16-9-6-7-11-18(16)21-4-2/h6-7,9,11,17,19H,3-5,8,10,12-15H2,1-2H3. The molecule has 2 rings (SSSR count). The van der Waals surface area contributed by atoms with Gasteiger partial charge in [0.05, 0.1) is 6.61 Å². The van der Waals surface area contributed by atoms with E-state index in [1.54, 1.807) is 0 Å². The van der Waals surface area contributed by atoms with Gasteiger partial charge in [0.2, 0.25) is 0 Å². The fourth-order valence-corrected chi connectivity index (χ4v) is 3.15. The summed E-state index contributed by atoms with van der Waals surface area (Å²) in [7, 11) is 0. The average molecular weight is 290 g/mol. The molecule has 1 atom stereocenters. The van der Waals surface area contributed by atoms with Crippen molar-refractivity contribution < 1.29 is 4.74 Å². The smallest absolute Gasteiger partial charge is 0.124 e. The van der Waals surface area contributed by atoms with Crippen molar-refractivity contribution in [3.8, 4) is 5.75 Å². The number of rotatable bonds is 7. The molecule has 1 aliphatic rings. The lowest BCUT2D eigenvalue weighted by Crippen LogP contribution is -2.32. The van der Waals surface area contributed by atoms with E-state index in [2.05, 4.69) is 48.3 Å². The van der Waals surface area contributed by atoms with Crippen LogP contribution in [0.4, 0.5) is 0 Å². The summed E-state index contributed by atoms with van der Waals surface area (Å²) in [6.07, 6.45) is 4.98. The van der Waals surface area contributed by atoms with Gasteiger partial charge in [-0.2, -0.15) is 0 Å². The number of para-hydroxylation sites is 1. The fourth-order valence-electron chi connectivity index (χ4n) is 3.15. The van der Waals surface area contributed by atoms with Crippen LogP contribution in [0.15, 0.2) is 24.3 Å². The maximum absolute atomic E-state index is 5.88. The first-order valence-corrected chi connectivity index (χ1v) is 8.53. The Morgan fingerprint density at radius 1 is 1.19 bits per heavy atom. The van der Waals surface area contributed by atoms with E-state index in [0.29, 0.717) is 6.04 Å². The third-order valence-corrected chi connectivity index (χ3v) is 4.22. The van der Waals surface area contributed by atoms with Crippen LogP contribution in [0.2, 0.25) is 0 Å². The van der Waals surface area contributed by atoms with E-state index in [-0.39, 0.29) is 0 Å². The van der Waals surface area contributed by atoms with Crippen molar-refractivity contribution in [2.75, 3.05) is 32.8 Å². The Bertz CT molecular complexity index is 400. The highest BCUT2D eigenvalue weighted by molar-refractivity contribution is 5.36. The minimum atomic E-state index is 0.493. The van der Waals surface area contributed by atoms with Crippen molar-refractivity contribution in [1.29, 1.82) is 0 Å². The molecule has 1 fully saturated rings. The fraction of sp³-hybridized carbons (Fsp3) is 0.667. The summed E-state index contributed by atoms with van der Waals surface area (Å²) in [6, 6.07) is 9.09. The van der Waals surface area contributed by atoms with Crippen LogP contribution >= 0.6 is 0 Å². The molecule has 1 unspecified atom stereocenters. The van der Waals surface area contributed by atoms with Gasteiger partial charge in [0.25, 0.3) is 0 Å². The molecule has 1 aromatic carbocycles. The molecule has 0 amide bonds. The zero-order valence-electron chi connectivity index (χ0n) is 13.6. The number of nitrogens with zero attached hydrogens (tertiary/aromatic N) is 1. The number of nitrogens with one attached hydrogen (secondary N) is 1. The molecule has 1 aliphatic heterocycles. The number of hydrogen-bond acceptors (Lipinski definition) is 3. The molecule has 0 aliphatic carbocycles. The summed E-state index contributed by atoms with van der Waals surface area (Å²) >= 11 is 0. The molecule has 1 saturated heterocycles. The highest BCUT2D eigenvalue weighted by Gasteiger charge is 2.23. The van der Waals surface area contributed by atoms with E-state index in [4.69, 9.17) is 4.74 Å². The van der Waals surface area contributed by atoms with Gasteiger partial charge in [0.1, 0.15) is 5.75 Å². The summed E-state index contributed by atoms with van der Waals surface area (Å²) in [5.41, 5.74) is 1.37. The van der Waals surface area contributed by atoms with Gasteiger partial charge in [-0.15, -0.1) is 0 Å². The number of benzene rings is 1. The summed E-state index contributed by atoms with van der Waals surface area (Å²) in [4.78, 5) is 2.65. The molecule has 1 heterocycles. The molecule has 0 bridgehead atoms. The highest BCUT2D eigenvalue weighted by Crippen LogP contribution is 2.33. The van der Waals surface area contributed by atoms with E-state index in [1.807, 2.05) is 0 Å². The largest absolute Gasteiger partial charge is 0.494 e. The lowest BCUT2D eigenvalue weighted by molar-refractivity contribution is 0.191. The number of ether oxygens (including phenoxy) is 1. The minimum absolute atomic E-state index is 0.493. The first kappa shape index (κ1) is 16.3. The Labute approximate surface area is 129 Å². The Kier molecular flexibility index (Phi) is 7.04. The highest BCUT2D eigenvalue weighted by atomic mass is 16.5. The van der Waals surface area contributed by atoms with Crippen molar-refractivity contribution >= 4 is 0 Å². The number of hydrogen-bond donors (Lipinski definition) is 1. The molecule has 118 valence electrons. The van der Waals surface area contributed by atoms with Gasteiger partial charge in [0.15, 0.2) is 0 Å². The second-order valence-corrected chi connectivity index (χ2v) is 5.77. The van der Waals surface area contributed by atoms with E-state index in [0.717, 1.165) is 32.0 Å². The summed E-state index contributed by atoms with van der Waals surface area (Å²) in [6.45, 7) is 9.63. The Balaban J connectivity index is 2.21. The molecule has 3 heteroatoms. The van der Waals surface area contributed by atoms with Gasteiger partial charge >= 0.3 is 0 Å². The van der Waals surface area contributed by atoms with Gasteiger partial charge in [0, 0.05) is 31.2 Å². The average Bonchev–Trinajstić information content (AvgIpc) is 2.79. The van der Waals surface area contributed by atoms with Crippen molar-refractivity contribution in [2.24, 2.45) is 0 Å². The second kappa shape index (κ2) is 9.06. The van der Waals surface area contributed by atoms with Gasteiger partial charge < -0.3 is 10.1 Å². The van der Waals surface area contributed by atoms with E-state index >= 15 is 0 Å². The van der Waals surface area contributed by atoms with Crippen LogP contribution < -0.4 is 10.1 Å². The summed E-state index contributed by atoms with van der Waals surface area (Å²) in [5.74, 6) is 1.07. The SMILES string of the molecule is CCCCC(c1ccccc1OCC)N1CCCNCC1. The third kappa shape index (κ3) is 4.72. The van der Waals surface area contributed by atoms with Gasteiger partial charge in [-0.25, -0.2) is 0 Å². The normalized spacial score (nSPS) is 18.2. The zero-order chi connectivity index (χ0) is 14.9. The molecule has 1 aromatic rings. The monoisotopic (exact) mass is 290 g/mol. The van der Waals surface area contributed by atoms with Crippen LogP contribution in [0.25, 0.3) is 0 Å². The molecular formula is C18H30N2O. The minimum Gasteiger partial charge on any atom is -0.494 e. The lowest BCUT2D eigenvalue weighted by Gasteiger charge is -2.32. The van der Waals surface area contributed by atoms with Crippen molar-refractivity contribution in [1.82, 2.24) is 10.2 Å². The van der Waals surface area contributed by atoms with E-state index in [1.165, 1.54) is 37.8 Å². The predicted octanol–water partition coefficient (Wildman–Crippen LogP) is 3.61. The van der Waals surface area contributed by atoms with E-state index < -0.39 is 0 Å². The maximum atomic E-state index is 5.88. The quantitative estimate of drug-likeness (QED) is 0.830. The van der Waals surface area contributed by atoms with Crippen LogP contribution in [0.5, 0.6) is 5.75 Å². The molecule has 1 N–H and O–H groups in total. The van der Waals surface area contributed by atoms with Crippen LogP contribution in [0.1, 0.15) is 51.1 Å². The Hall–Kier alpha value is -1.06. The van der Waals surface area contributed by atoms with Gasteiger partial charge in [-0.05, 0) is 32.4 Å². The first-order valence-electron chi connectivity index (χ1n) is 8.53. The Morgan fingerprint density at radius 3 is 2.86 bits per heavy atom. The van der Waals surface area contributed by atoms with Gasteiger partial charge in [-0.3, -0.25) is 4.90 Å². The van der Waals surface area contributed by atoms with Crippen molar-refractivity contribution in [3.05, 3.63) is 29.8 Å². The third-order valence-electron chi connectivity index (χ3n) is 4.22. The summed E-state index contributed by atoms with van der Waals surface area (Å²) in [5, 5.41) is 3.51. The van der Waals surface area contributed by atoms with Gasteiger partial charge in [-0.1, -0.05) is 38.0 Å². The Morgan fingerprint density at radius 2 is 2.05 bits per heavy atom. The first-order chi connectivity index (χ1) is 10.4. The number of unbranched alkanes of at least 4 members (excludes halogenated alkanes) is 1. The van der Waals surface area contributed by atoms with Crippen LogP contribution in [0, 0.1) is 0 Å². The zero-order valence-corrected chi connectivity index (χ0v) is 13.6. The van der Waals surface area contributed by atoms with Crippen LogP contribution in [0.3, 0.4) is 0 Å². The van der Waals surface area contributed by atoms with E-state index in [9.17, 15) is 0 Å². The van der Waals surface area contributed by atoms with Crippen molar-refractivity contribution in [2.45, 2.75) is 45.6 Å². The maximum Gasteiger partial charge on any atom is 0.124 e. The molecule has 3 nitrogen and oxygen atoms in total. The molecular weight excluding hydrogens is 260 g/mol. The second-order valence-electron chi connectivity index (χ2n) is 5.77. The predicted molar refractivity (Wildman–Crippen MR) is 88.9 cm³/mol. The molecule has 0 saturated carbocycles. The topological polar surface area (TPSA) is 24.5 Å². The molecule has 0 radical (unpaired) electrons. The van der Waals surface area contributed by atoms with Crippen LogP contribution in [-0.4, -0.2) is 37.7 Å². The lowest BCUT2D eigenvalue weighted by atomic mass is 9.98. The van der Waals surface area contributed by atoms with Crippen LogP contribution in [-0.2, 0) is 0 Å². The molecule has 21 heavy (non-hydrogen) atoms. The molecule has 0 spiro atoms. The molecule has 0 aromatic heterocycles. The van der Waals surface area contributed by atoms with Crippen molar-refractivity contribution in [3.63, 3.8) is 0 Å².